The first-order chi connectivity index (χ1) is 7.72. The quantitative estimate of drug-likeness (QED) is 0.794. The van der Waals surface area contributed by atoms with E-state index < -0.39 is 0 Å². The molecule has 16 heavy (non-hydrogen) atoms. The van der Waals surface area contributed by atoms with E-state index in [1.807, 2.05) is 24.3 Å². The first-order valence-electron chi connectivity index (χ1n) is 4.75. The monoisotopic (exact) mass is 236 g/mol. The number of ether oxygens (including phenoxy) is 1. The van der Waals surface area contributed by atoms with E-state index in [-0.39, 0.29) is 0 Å². The summed E-state index contributed by atoms with van der Waals surface area (Å²) in [6.45, 7) is 0.547. The maximum Gasteiger partial charge on any atom is 0.220 e. The number of nitrogens with two attached hydrogens (primary N) is 1. The van der Waals surface area contributed by atoms with Crippen molar-refractivity contribution in [3.63, 3.8) is 0 Å². The number of hydrogen-bond acceptors (Lipinski definition) is 4. The summed E-state index contributed by atoms with van der Waals surface area (Å²) in [6, 6.07) is 7.72. The van der Waals surface area contributed by atoms with E-state index >= 15 is 0 Å². The number of aromatic amines is 1. The number of methoxy groups -OCH3 is 1. The number of anilines is 1. The second kappa shape index (κ2) is 4.36. The molecule has 5 nitrogen and oxygen atoms in total. The van der Waals surface area contributed by atoms with Gasteiger partial charge in [-0.05, 0) is 18.3 Å². The lowest BCUT2D eigenvalue weighted by atomic mass is 10.2. The zero-order valence-electron chi connectivity index (χ0n) is 8.80. The van der Waals surface area contributed by atoms with Crippen LogP contribution in [0.15, 0.2) is 24.3 Å². The van der Waals surface area contributed by atoms with Gasteiger partial charge >= 0.3 is 0 Å². The third kappa shape index (κ3) is 1.92. The topological polar surface area (TPSA) is 68.9 Å². The number of nitrogen functional groups attached to an aromatic ring is 1. The molecule has 0 atom stereocenters. The third-order valence-corrected chi connectivity index (χ3v) is 2.62. The highest BCUT2D eigenvalue weighted by Crippen LogP contribution is 2.19. The highest BCUT2D eigenvalue weighted by molar-refractivity contribution is 7.71. The van der Waals surface area contributed by atoms with E-state index in [1.54, 1.807) is 11.7 Å². The maximum absolute atomic E-state index is 5.69. The van der Waals surface area contributed by atoms with Crippen LogP contribution in [-0.4, -0.2) is 21.9 Å². The Kier molecular flexibility index (Phi) is 2.91. The molecule has 0 spiro atoms. The molecule has 1 aromatic heterocycles. The molecule has 0 amide bonds. The van der Waals surface area contributed by atoms with E-state index in [1.165, 1.54) is 0 Å². The van der Waals surface area contributed by atoms with Crippen LogP contribution in [0.25, 0.3) is 0 Å². The summed E-state index contributed by atoms with van der Waals surface area (Å²) in [5.41, 5.74) is 6.70. The first-order valence-corrected chi connectivity index (χ1v) is 5.15. The van der Waals surface area contributed by atoms with Gasteiger partial charge in [-0.15, -0.1) is 5.10 Å². The lowest BCUT2D eigenvalue weighted by Gasteiger charge is -2.08. The van der Waals surface area contributed by atoms with E-state index in [2.05, 4.69) is 10.2 Å². The Hall–Kier alpha value is -1.82. The average Bonchev–Trinajstić information content (AvgIpc) is 2.61. The van der Waals surface area contributed by atoms with Gasteiger partial charge in [-0.1, -0.05) is 18.2 Å². The summed E-state index contributed by atoms with van der Waals surface area (Å²) < 4.78 is 7.47. The second-order valence-electron chi connectivity index (χ2n) is 3.28. The van der Waals surface area contributed by atoms with Crippen molar-refractivity contribution in [2.24, 2.45) is 0 Å². The minimum absolute atomic E-state index is 0.371. The van der Waals surface area contributed by atoms with Crippen LogP contribution in [0.5, 0.6) is 5.75 Å². The zero-order valence-corrected chi connectivity index (χ0v) is 9.62. The summed E-state index contributed by atoms with van der Waals surface area (Å²) in [6.07, 6.45) is 0. The number of hydrogen-bond donors (Lipinski definition) is 2. The van der Waals surface area contributed by atoms with Gasteiger partial charge in [0.1, 0.15) is 5.75 Å². The van der Waals surface area contributed by atoms with Crippen molar-refractivity contribution >= 4 is 18.2 Å². The van der Waals surface area contributed by atoms with E-state index in [4.69, 9.17) is 22.7 Å². The number of aromatic nitrogens is 3. The van der Waals surface area contributed by atoms with Crippen molar-refractivity contribution in [1.82, 2.24) is 14.8 Å². The Morgan fingerprint density at radius 2 is 2.25 bits per heavy atom. The fourth-order valence-electron chi connectivity index (χ4n) is 1.49. The minimum atomic E-state index is 0.371. The number of H-pyrrole nitrogens is 1. The SMILES string of the molecule is COc1ccccc1Cn1c(N)n[nH]c1=S. The van der Waals surface area contributed by atoms with Gasteiger partial charge in [0.15, 0.2) is 4.77 Å². The summed E-state index contributed by atoms with van der Waals surface area (Å²) in [4.78, 5) is 0. The Morgan fingerprint density at radius 3 is 2.88 bits per heavy atom. The van der Waals surface area contributed by atoms with Crippen molar-refractivity contribution in [1.29, 1.82) is 0 Å². The molecular formula is C10H12N4OS. The summed E-state index contributed by atoms with van der Waals surface area (Å²) in [7, 11) is 1.64. The van der Waals surface area contributed by atoms with Gasteiger partial charge < -0.3 is 10.5 Å². The molecule has 0 saturated carbocycles. The van der Waals surface area contributed by atoms with Gasteiger partial charge in [-0.2, -0.15) is 0 Å². The Balaban J connectivity index is 2.37. The third-order valence-electron chi connectivity index (χ3n) is 2.31. The Labute approximate surface area is 97.9 Å². The molecule has 0 radical (unpaired) electrons. The van der Waals surface area contributed by atoms with E-state index in [0.717, 1.165) is 11.3 Å². The zero-order chi connectivity index (χ0) is 11.5. The molecule has 0 saturated heterocycles. The van der Waals surface area contributed by atoms with Crippen LogP contribution < -0.4 is 10.5 Å². The first kappa shape index (κ1) is 10.7. The second-order valence-corrected chi connectivity index (χ2v) is 3.67. The predicted octanol–water partition coefficient (Wildman–Crippen LogP) is 1.58. The highest BCUT2D eigenvalue weighted by atomic mass is 32.1. The fourth-order valence-corrected chi connectivity index (χ4v) is 1.69. The van der Waals surface area contributed by atoms with Crippen LogP contribution >= 0.6 is 12.2 Å². The molecule has 0 unspecified atom stereocenters. The summed E-state index contributed by atoms with van der Waals surface area (Å²) >= 11 is 5.08. The molecule has 2 rings (SSSR count). The molecule has 84 valence electrons. The van der Waals surface area contributed by atoms with Gasteiger partial charge in [0.25, 0.3) is 0 Å². The van der Waals surface area contributed by atoms with Crippen molar-refractivity contribution < 1.29 is 4.74 Å². The predicted molar refractivity (Wildman–Crippen MR) is 63.9 cm³/mol. The Morgan fingerprint density at radius 1 is 1.50 bits per heavy atom. The molecule has 0 bridgehead atoms. The van der Waals surface area contributed by atoms with Gasteiger partial charge in [0.2, 0.25) is 5.95 Å². The number of benzene rings is 1. The van der Waals surface area contributed by atoms with Crippen molar-refractivity contribution in [3.8, 4) is 5.75 Å². The van der Waals surface area contributed by atoms with E-state index in [9.17, 15) is 0 Å². The molecule has 1 heterocycles. The molecule has 0 aliphatic carbocycles. The van der Waals surface area contributed by atoms with Crippen LogP contribution in [0.3, 0.4) is 0 Å². The van der Waals surface area contributed by atoms with Crippen LogP contribution in [0.4, 0.5) is 5.95 Å². The highest BCUT2D eigenvalue weighted by Gasteiger charge is 2.06. The number of rotatable bonds is 3. The molecular weight excluding hydrogens is 224 g/mol. The van der Waals surface area contributed by atoms with Crippen molar-refractivity contribution in [2.75, 3.05) is 12.8 Å². The molecule has 1 aromatic carbocycles. The van der Waals surface area contributed by atoms with Gasteiger partial charge in [0.05, 0.1) is 13.7 Å². The largest absolute Gasteiger partial charge is 0.496 e. The molecule has 3 N–H and O–H groups in total. The number of nitrogens with zero attached hydrogens (tertiary/aromatic N) is 2. The van der Waals surface area contributed by atoms with Gasteiger partial charge in [0, 0.05) is 5.56 Å². The normalized spacial score (nSPS) is 10.3. The van der Waals surface area contributed by atoms with E-state index in [0.29, 0.717) is 17.3 Å². The standard InChI is InChI=1S/C10H12N4OS/c1-15-8-5-3-2-4-7(8)6-14-9(11)12-13-10(14)16/h2-5H,6H2,1H3,(H2,11,12)(H,13,16). The number of para-hydroxylation sites is 1. The summed E-state index contributed by atoms with van der Waals surface area (Å²) in [5, 5.41) is 6.50. The smallest absolute Gasteiger partial charge is 0.220 e. The summed E-state index contributed by atoms with van der Waals surface area (Å²) in [5.74, 6) is 1.18. The lowest BCUT2D eigenvalue weighted by Crippen LogP contribution is -2.05. The molecule has 0 fully saturated rings. The van der Waals surface area contributed by atoms with Crippen molar-refractivity contribution in [2.45, 2.75) is 6.54 Å². The fraction of sp³-hybridized carbons (Fsp3) is 0.200. The van der Waals surface area contributed by atoms with Gasteiger partial charge in [-0.3, -0.25) is 4.57 Å². The van der Waals surface area contributed by atoms with Crippen LogP contribution in [0.1, 0.15) is 5.56 Å². The van der Waals surface area contributed by atoms with Gasteiger partial charge in [-0.25, -0.2) is 5.10 Å². The van der Waals surface area contributed by atoms with Crippen molar-refractivity contribution in [3.05, 3.63) is 34.6 Å². The molecule has 0 aliphatic heterocycles. The molecule has 6 heteroatoms. The van der Waals surface area contributed by atoms with Crippen LogP contribution in [0.2, 0.25) is 0 Å². The number of nitrogens with one attached hydrogen (secondary N) is 1. The molecule has 0 aliphatic rings. The maximum atomic E-state index is 5.69. The Bertz CT molecular complexity index is 546. The lowest BCUT2D eigenvalue weighted by molar-refractivity contribution is 0.408. The van der Waals surface area contributed by atoms with Crippen LogP contribution in [0, 0.1) is 4.77 Å². The average molecular weight is 236 g/mol. The van der Waals surface area contributed by atoms with Crippen LogP contribution in [-0.2, 0) is 6.54 Å². The minimum Gasteiger partial charge on any atom is -0.496 e. The molecule has 2 aromatic rings.